The van der Waals surface area contributed by atoms with E-state index in [1.165, 1.54) is 15.9 Å². The van der Waals surface area contributed by atoms with E-state index in [4.69, 9.17) is 0 Å². The Hall–Kier alpha value is -2.44. The van der Waals surface area contributed by atoms with Gasteiger partial charge in [0.15, 0.2) is 0 Å². The summed E-state index contributed by atoms with van der Waals surface area (Å²) < 4.78 is 26.9. The fourth-order valence-electron chi connectivity index (χ4n) is 3.41. The van der Waals surface area contributed by atoms with Crippen molar-refractivity contribution < 1.29 is 13.2 Å². The van der Waals surface area contributed by atoms with Crippen molar-refractivity contribution >= 4 is 27.7 Å². The van der Waals surface area contributed by atoms with Gasteiger partial charge in [-0.15, -0.1) is 0 Å². The average molecular weight is 427 g/mol. The number of piperidine rings is 1. The molecule has 1 N–H and O–H groups in total. The van der Waals surface area contributed by atoms with E-state index in [1.54, 1.807) is 30.3 Å². The van der Waals surface area contributed by atoms with Crippen molar-refractivity contribution in [1.29, 1.82) is 0 Å². The second-order valence-electron chi connectivity index (χ2n) is 8.68. The Bertz CT molecular complexity index is 996. The second kappa shape index (κ2) is 9.14. The van der Waals surface area contributed by atoms with E-state index in [0.29, 0.717) is 18.8 Å². The van der Waals surface area contributed by atoms with Gasteiger partial charge in [0.1, 0.15) is 0 Å². The molecule has 1 heterocycles. The topological polar surface area (TPSA) is 66.5 Å². The van der Waals surface area contributed by atoms with Gasteiger partial charge in [0, 0.05) is 24.9 Å². The molecular weight excluding hydrogens is 396 g/mol. The highest BCUT2D eigenvalue weighted by atomic mass is 32.2. The molecule has 6 heteroatoms. The Morgan fingerprint density at radius 1 is 0.933 bits per heavy atom. The van der Waals surface area contributed by atoms with Gasteiger partial charge in [0.25, 0.3) is 0 Å². The van der Waals surface area contributed by atoms with E-state index in [9.17, 15) is 13.2 Å². The van der Waals surface area contributed by atoms with Crippen LogP contribution in [0.1, 0.15) is 51.2 Å². The molecule has 5 nitrogen and oxygen atoms in total. The summed E-state index contributed by atoms with van der Waals surface area (Å²) in [7, 11) is -3.46. The molecule has 0 spiro atoms. The zero-order chi connectivity index (χ0) is 21.8. The van der Waals surface area contributed by atoms with E-state index in [0.717, 1.165) is 24.8 Å². The summed E-state index contributed by atoms with van der Waals surface area (Å²) in [6.45, 7) is 7.63. The molecule has 0 atom stereocenters. The molecule has 2 aromatic carbocycles. The maximum absolute atomic E-state index is 12.7. The van der Waals surface area contributed by atoms with Crippen LogP contribution < -0.4 is 5.32 Å². The number of hydrogen-bond acceptors (Lipinski definition) is 3. The van der Waals surface area contributed by atoms with Crippen LogP contribution in [-0.4, -0.2) is 31.7 Å². The minimum Gasteiger partial charge on any atom is -0.323 e. The normalized spacial score (nSPS) is 16.0. The standard InChI is InChI=1S/C24H30N2O3S/c1-24(2,3)20-10-7-19(8-11-20)9-16-23(27)25-21-12-14-22(15-13-21)30(28,29)26-17-5-4-6-18-26/h7-16H,4-6,17-18H2,1-3H3,(H,25,27)/b16-9+. The summed E-state index contributed by atoms with van der Waals surface area (Å²) in [5, 5.41) is 2.77. The van der Waals surface area contributed by atoms with Gasteiger partial charge in [-0.05, 0) is 59.7 Å². The van der Waals surface area contributed by atoms with Crippen LogP contribution in [0.3, 0.4) is 0 Å². The molecule has 1 saturated heterocycles. The SMILES string of the molecule is CC(C)(C)c1ccc(/C=C/C(=O)Nc2ccc(S(=O)(=O)N3CCCCC3)cc2)cc1. The number of amides is 1. The molecule has 0 aliphatic carbocycles. The van der Waals surface area contributed by atoms with Crippen molar-refractivity contribution in [2.24, 2.45) is 0 Å². The number of anilines is 1. The zero-order valence-corrected chi connectivity index (χ0v) is 18.7. The molecular formula is C24H30N2O3S. The summed E-state index contributed by atoms with van der Waals surface area (Å²) in [6, 6.07) is 14.5. The fraction of sp³-hybridized carbons (Fsp3) is 0.375. The first kappa shape index (κ1) is 22.2. The lowest BCUT2D eigenvalue weighted by Crippen LogP contribution is -2.35. The number of sulfonamides is 1. The molecule has 0 aromatic heterocycles. The first-order valence-electron chi connectivity index (χ1n) is 10.4. The van der Waals surface area contributed by atoms with E-state index < -0.39 is 10.0 Å². The largest absolute Gasteiger partial charge is 0.323 e. The molecule has 160 valence electrons. The smallest absolute Gasteiger partial charge is 0.248 e. The number of nitrogens with one attached hydrogen (secondary N) is 1. The number of carbonyl (C=O) groups is 1. The van der Waals surface area contributed by atoms with Crippen molar-refractivity contribution in [2.45, 2.75) is 50.3 Å². The summed E-state index contributed by atoms with van der Waals surface area (Å²) >= 11 is 0. The quantitative estimate of drug-likeness (QED) is 0.698. The number of hydrogen-bond donors (Lipinski definition) is 1. The Balaban J connectivity index is 1.61. The number of benzene rings is 2. The Kier molecular flexibility index (Phi) is 6.78. The summed E-state index contributed by atoms with van der Waals surface area (Å²) in [5.41, 5.74) is 2.84. The third-order valence-corrected chi connectivity index (χ3v) is 7.19. The summed E-state index contributed by atoms with van der Waals surface area (Å²) in [5.74, 6) is -0.262. The van der Waals surface area contributed by atoms with Crippen LogP contribution in [0.2, 0.25) is 0 Å². The molecule has 0 unspecified atom stereocenters. The maximum Gasteiger partial charge on any atom is 0.248 e. The first-order valence-corrected chi connectivity index (χ1v) is 11.8. The van der Waals surface area contributed by atoms with Gasteiger partial charge in [-0.1, -0.05) is 51.5 Å². The summed E-state index contributed by atoms with van der Waals surface area (Å²) in [4.78, 5) is 12.5. The van der Waals surface area contributed by atoms with Crippen molar-refractivity contribution in [3.63, 3.8) is 0 Å². The summed E-state index contributed by atoms with van der Waals surface area (Å²) in [6.07, 6.45) is 6.12. The van der Waals surface area contributed by atoms with E-state index in [2.05, 4.69) is 38.2 Å². The molecule has 30 heavy (non-hydrogen) atoms. The average Bonchev–Trinajstić information content (AvgIpc) is 2.73. The Morgan fingerprint density at radius 2 is 1.53 bits per heavy atom. The molecule has 1 aliphatic heterocycles. The zero-order valence-electron chi connectivity index (χ0n) is 17.9. The lowest BCUT2D eigenvalue weighted by atomic mass is 9.87. The predicted molar refractivity (Wildman–Crippen MR) is 122 cm³/mol. The van der Waals surface area contributed by atoms with Crippen LogP contribution in [0, 0.1) is 0 Å². The second-order valence-corrected chi connectivity index (χ2v) is 10.6. The van der Waals surface area contributed by atoms with E-state index >= 15 is 0 Å². The molecule has 1 aliphatic rings. The molecule has 1 amide bonds. The van der Waals surface area contributed by atoms with E-state index in [-0.39, 0.29) is 16.2 Å². The van der Waals surface area contributed by atoms with Crippen LogP contribution in [0.15, 0.2) is 59.5 Å². The highest BCUT2D eigenvalue weighted by Crippen LogP contribution is 2.23. The van der Waals surface area contributed by atoms with Crippen LogP contribution in [0.5, 0.6) is 0 Å². The third kappa shape index (κ3) is 5.58. The first-order chi connectivity index (χ1) is 14.2. The number of rotatable bonds is 5. The molecule has 2 aromatic rings. The third-order valence-electron chi connectivity index (χ3n) is 5.28. The molecule has 0 radical (unpaired) electrons. The predicted octanol–water partition coefficient (Wildman–Crippen LogP) is 4.81. The monoisotopic (exact) mass is 426 g/mol. The van der Waals surface area contributed by atoms with Gasteiger partial charge >= 0.3 is 0 Å². The Morgan fingerprint density at radius 3 is 2.10 bits per heavy atom. The number of nitrogens with zero attached hydrogens (tertiary/aromatic N) is 1. The van der Waals surface area contributed by atoms with Crippen LogP contribution in [-0.2, 0) is 20.2 Å². The van der Waals surface area contributed by atoms with Gasteiger partial charge in [0.2, 0.25) is 15.9 Å². The van der Waals surface area contributed by atoms with Gasteiger partial charge in [-0.2, -0.15) is 4.31 Å². The van der Waals surface area contributed by atoms with Gasteiger partial charge in [-0.25, -0.2) is 8.42 Å². The van der Waals surface area contributed by atoms with Crippen molar-refractivity contribution in [2.75, 3.05) is 18.4 Å². The lowest BCUT2D eigenvalue weighted by molar-refractivity contribution is -0.111. The molecule has 0 saturated carbocycles. The Labute approximate surface area is 179 Å². The van der Waals surface area contributed by atoms with Crippen LogP contribution >= 0.6 is 0 Å². The minimum absolute atomic E-state index is 0.0905. The highest BCUT2D eigenvalue weighted by Gasteiger charge is 2.25. The molecule has 1 fully saturated rings. The molecule has 0 bridgehead atoms. The maximum atomic E-state index is 12.7. The van der Waals surface area contributed by atoms with Crippen LogP contribution in [0.25, 0.3) is 6.08 Å². The minimum atomic E-state index is -3.46. The van der Waals surface area contributed by atoms with E-state index in [1.807, 2.05) is 12.1 Å². The fourth-order valence-corrected chi connectivity index (χ4v) is 4.93. The van der Waals surface area contributed by atoms with Crippen molar-refractivity contribution in [3.05, 3.63) is 65.7 Å². The lowest BCUT2D eigenvalue weighted by Gasteiger charge is -2.25. The van der Waals surface area contributed by atoms with Gasteiger partial charge in [0.05, 0.1) is 4.90 Å². The van der Waals surface area contributed by atoms with Crippen LogP contribution in [0.4, 0.5) is 5.69 Å². The number of carbonyl (C=O) groups excluding carboxylic acids is 1. The van der Waals surface area contributed by atoms with Gasteiger partial charge in [-0.3, -0.25) is 4.79 Å². The van der Waals surface area contributed by atoms with Crippen molar-refractivity contribution in [3.8, 4) is 0 Å². The highest BCUT2D eigenvalue weighted by molar-refractivity contribution is 7.89. The van der Waals surface area contributed by atoms with Gasteiger partial charge < -0.3 is 5.32 Å². The van der Waals surface area contributed by atoms with Crippen molar-refractivity contribution in [1.82, 2.24) is 4.31 Å². The molecule has 3 rings (SSSR count).